The van der Waals surface area contributed by atoms with Crippen LogP contribution in [0.3, 0.4) is 0 Å². The van der Waals surface area contributed by atoms with Gasteiger partial charge in [0, 0.05) is 83.4 Å². The highest BCUT2D eigenvalue weighted by molar-refractivity contribution is 7.26. The van der Waals surface area contributed by atoms with E-state index in [1.54, 1.807) is 0 Å². The first kappa shape index (κ1) is 47.5. The van der Waals surface area contributed by atoms with Crippen molar-refractivity contribution in [3.8, 4) is 51.1 Å². The van der Waals surface area contributed by atoms with Crippen LogP contribution in [0.5, 0.6) is 0 Å². The smallest absolute Gasteiger partial charge is 0.104 e. The van der Waals surface area contributed by atoms with Crippen LogP contribution in [-0.4, -0.2) is 18.3 Å². The third-order valence-corrected chi connectivity index (χ3v) is 20.4. The van der Waals surface area contributed by atoms with Gasteiger partial charge in [0.2, 0.25) is 0 Å². The Kier molecular flexibility index (Phi) is 9.94. The lowest BCUT2D eigenvalue weighted by Gasteiger charge is -2.25. The second-order valence-electron chi connectivity index (χ2n) is 22.6. The molecule has 0 spiro atoms. The van der Waals surface area contributed by atoms with E-state index < -0.39 is 0 Å². The summed E-state index contributed by atoms with van der Waals surface area (Å²) in [4.78, 5) is 0. The van der Waals surface area contributed by atoms with Gasteiger partial charge in [-0.3, -0.25) is 0 Å². The number of hydrogen-bond donors (Lipinski definition) is 0. The summed E-state index contributed by atoms with van der Waals surface area (Å²) in [5.41, 5.74) is 16.8. The lowest BCUT2D eigenvalue weighted by atomic mass is 10.0. The number of nitrogens with zero attached hydrogens (tertiary/aromatic N) is 5. The van der Waals surface area contributed by atoms with Crippen LogP contribution in [0.1, 0.15) is 5.56 Å². The molecule has 6 aromatic heterocycles. The molecule has 13 aromatic carbocycles. The number of aromatic nitrogens is 4. The maximum absolute atomic E-state index is 13.0. The lowest BCUT2D eigenvalue weighted by molar-refractivity contribution is 1.03. The minimum atomic E-state index is 0.549. The second-order valence-corrected chi connectivity index (χ2v) is 24.8. The van der Waals surface area contributed by atoms with Crippen LogP contribution in [-0.2, 0) is 0 Å². The van der Waals surface area contributed by atoms with Crippen molar-refractivity contribution in [3.63, 3.8) is 0 Å². The molecule has 0 aliphatic rings. The average Bonchev–Trinajstić information content (AvgIpc) is 2.82. The Morgan fingerprint density at radius 3 is 0.965 bits per heavy atom. The predicted octanol–water partition coefficient (Wildman–Crippen LogP) is 22.0. The Hall–Kier alpha value is -11.0. The van der Waals surface area contributed by atoms with Crippen molar-refractivity contribution in [1.82, 2.24) is 18.3 Å². The normalized spacial score (nSPS) is 12.2. The zero-order valence-electron chi connectivity index (χ0n) is 46.0. The van der Waals surface area contributed by atoms with Gasteiger partial charge in [0.05, 0.1) is 66.9 Å². The van der Waals surface area contributed by atoms with E-state index in [-0.39, 0.29) is 0 Å². The van der Waals surface area contributed by atoms with Crippen LogP contribution >= 0.6 is 22.7 Å². The molecule has 0 atom stereocenters. The first-order valence-corrected chi connectivity index (χ1v) is 30.8. The van der Waals surface area contributed by atoms with E-state index in [1.165, 1.54) is 40.3 Å². The van der Waals surface area contributed by atoms with Crippen molar-refractivity contribution in [2.45, 2.75) is 0 Å². The fourth-order valence-electron chi connectivity index (χ4n) is 14.5. The highest BCUT2D eigenvalue weighted by Crippen LogP contribution is 2.50. The summed E-state index contributed by atoms with van der Waals surface area (Å²) in [6, 6.07) is 103. The summed E-state index contributed by atoms with van der Waals surface area (Å²) in [5, 5.41) is 27.0. The molecular formula is C79H45N5S2. The number of nitriles is 1. The maximum atomic E-state index is 13.0. The second kappa shape index (κ2) is 18.0. The summed E-state index contributed by atoms with van der Waals surface area (Å²) in [6.07, 6.45) is 0. The van der Waals surface area contributed by atoms with Crippen molar-refractivity contribution in [3.05, 3.63) is 279 Å². The predicted molar refractivity (Wildman–Crippen MR) is 365 cm³/mol. The standard InChI is InChI=1S/C79H45N5S2/c80-46-63-78(83-64-29-13-7-23-51(64)52-24-8-14-30-65(52)83)72(81-68-37-35-49(47-19-3-1-4-20-47)39-57(68)59-41-61-55-27-11-17-33-74(55)85-76(61)44-70(59)81)43-73(79(63)84-66-31-15-9-25-53(66)54-26-10-16-32-67(54)84)82-69-38-36-50(48-21-5-2-6-22-48)40-58(69)60-42-62-56-28-12-18-34-75(56)86-77(62)45-71(60)82/h1-45H. The van der Waals surface area contributed by atoms with Gasteiger partial charge in [-0.15, -0.1) is 22.7 Å². The third kappa shape index (κ3) is 6.62. The Bertz CT molecular complexity index is 5680. The average molecular weight is 1130 g/mol. The SMILES string of the molecule is N#Cc1c(-n2c3ccccc3c3ccccc32)c(-n2c3ccc(-c4ccccc4)cc3c3cc4c(cc32)sc2ccccc24)cc(-n2c3ccc(-c4ccccc4)cc3c3cc4c(cc32)sc2ccccc24)c1-n1c2ccccc2c2ccccc21. The Morgan fingerprint density at radius 1 is 0.233 bits per heavy atom. The quantitative estimate of drug-likeness (QED) is 0.164. The van der Waals surface area contributed by atoms with E-state index in [0.29, 0.717) is 5.56 Å². The maximum Gasteiger partial charge on any atom is 0.104 e. The molecule has 19 aromatic rings. The molecule has 0 bridgehead atoms. The molecule has 86 heavy (non-hydrogen) atoms. The molecular weight excluding hydrogens is 1080 g/mol. The largest absolute Gasteiger partial charge is 0.307 e. The topological polar surface area (TPSA) is 43.5 Å². The number of benzene rings is 13. The summed E-state index contributed by atoms with van der Waals surface area (Å²) in [5.74, 6) is 0. The van der Waals surface area contributed by atoms with Gasteiger partial charge in [0.1, 0.15) is 11.6 Å². The molecule has 0 amide bonds. The van der Waals surface area contributed by atoms with Crippen LogP contribution in [0.25, 0.3) is 173 Å². The molecule has 0 saturated heterocycles. The molecule has 0 aliphatic carbocycles. The van der Waals surface area contributed by atoms with Gasteiger partial charge < -0.3 is 18.3 Å². The Morgan fingerprint density at radius 2 is 0.570 bits per heavy atom. The molecule has 6 heterocycles. The molecule has 19 rings (SSSR count). The molecule has 5 nitrogen and oxygen atoms in total. The van der Waals surface area contributed by atoms with Gasteiger partial charge in [-0.2, -0.15) is 5.26 Å². The number of fused-ring (bicyclic) bond motifs is 18. The van der Waals surface area contributed by atoms with Gasteiger partial charge in [-0.25, -0.2) is 0 Å². The van der Waals surface area contributed by atoms with Gasteiger partial charge in [0.25, 0.3) is 0 Å². The molecule has 0 fully saturated rings. The fraction of sp³-hybridized carbons (Fsp3) is 0. The van der Waals surface area contributed by atoms with Crippen molar-refractivity contribution < 1.29 is 0 Å². The van der Waals surface area contributed by atoms with Crippen LogP contribution < -0.4 is 0 Å². The van der Waals surface area contributed by atoms with Crippen LogP contribution in [0.15, 0.2) is 273 Å². The minimum Gasteiger partial charge on any atom is -0.307 e. The summed E-state index contributed by atoms with van der Waals surface area (Å²) in [6.45, 7) is 0. The van der Waals surface area contributed by atoms with E-state index in [9.17, 15) is 5.26 Å². The van der Waals surface area contributed by atoms with E-state index in [4.69, 9.17) is 0 Å². The van der Waals surface area contributed by atoms with Crippen LogP contribution in [0.4, 0.5) is 0 Å². The number of hydrogen-bond acceptors (Lipinski definition) is 3. The zero-order chi connectivity index (χ0) is 56.3. The van der Waals surface area contributed by atoms with Crippen LogP contribution in [0, 0.1) is 11.3 Å². The number of para-hydroxylation sites is 4. The zero-order valence-corrected chi connectivity index (χ0v) is 47.7. The minimum absolute atomic E-state index is 0.549. The summed E-state index contributed by atoms with van der Waals surface area (Å²) in [7, 11) is 0. The van der Waals surface area contributed by atoms with E-state index >= 15 is 0 Å². The molecule has 0 radical (unpaired) electrons. The molecule has 0 N–H and O–H groups in total. The Labute approximate surface area is 500 Å². The van der Waals surface area contributed by atoms with Gasteiger partial charge in [-0.1, -0.05) is 182 Å². The van der Waals surface area contributed by atoms with E-state index in [0.717, 1.165) is 132 Å². The van der Waals surface area contributed by atoms with Gasteiger partial charge in [0.15, 0.2) is 0 Å². The van der Waals surface area contributed by atoms with E-state index in [1.807, 2.05) is 22.7 Å². The lowest BCUT2D eigenvalue weighted by Crippen LogP contribution is -2.13. The molecule has 0 aliphatic heterocycles. The van der Waals surface area contributed by atoms with Crippen molar-refractivity contribution in [2.24, 2.45) is 0 Å². The Balaban J connectivity index is 1.06. The molecule has 0 unspecified atom stereocenters. The summed E-state index contributed by atoms with van der Waals surface area (Å²) >= 11 is 3.67. The highest BCUT2D eigenvalue weighted by Gasteiger charge is 2.31. The fourth-order valence-corrected chi connectivity index (χ4v) is 16.7. The first-order valence-electron chi connectivity index (χ1n) is 29.1. The number of rotatable bonds is 6. The van der Waals surface area contributed by atoms with Crippen LogP contribution in [0.2, 0.25) is 0 Å². The van der Waals surface area contributed by atoms with Gasteiger partial charge in [-0.05, 0) is 113 Å². The van der Waals surface area contributed by atoms with E-state index in [2.05, 4.69) is 297 Å². The number of thiophene rings is 2. The summed E-state index contributed by atoms with van der Waals surface area (Å²) < 4.78 is 14.7. The van der Waals surface area contributed by atoms with Crippen molar-refractivity contribution in [2.75, 3.05) is 0 Å². The van der Waals surface area contributed by atoms with Crippen molar-refractivity contribution >= 4 is 150 Å². The third-order valence-electron chi connectivity index (χ3n) is 18.2. The molecule has 7 heteroatoms. The van der Waals surface area contributed by atoms with Crippen molar-refractivity contribution in [1.29, 1.82) is 5.26 Å². The molecule has 398 valence electrons. The first-order chi connectivity index (χ1) is 42.6. The highest BCUT2D eigenvalue weighted by atomic mass is 32.1. The molecule has 0 saturated carbocycles. The van der Waals surface area contributed by atoms with Gasteiger partial charge >= 0.3 is 0 Å². The monoisotopic (exact) mass is 1130 g/mol.